The number of nitrogens with zero attached hydrogens (tertiary/aromatic N) is 5. The van der Waals surface area contributed by atoms with Gasteiger partial charge in [-0.25, -0.2) is 9.18 Å². The first-order valence-electron chi connectivity index (χ1n) is 12.4. The van der Waals surface area contributed by atoms with Crippen LogP contribution in [-0.2, 0) is 4.79 Å². The first-order chi connectivity index (χ1) is 19.2. The van der Waals surface area contributed by atoms with E-state index in [1.807, 2.05) is 6.07 Å². The maximum Gasteiger partial charge on any atom is 0.407 e. The minimum atomic E-state index is -1.15. The average molecular weight is 564 g/mol. The molecule has 1 saturated heterocycles. The number of anilines is 1. The van der Waals surface area contributed by atoms with E-state index in [1.165, 1.54) is 24.0 Å². The summed E-state index contributed by atoms with van der Waals surface area (Å²) in [5, 5.41) is 30.8. The molecular weight excluding hydrogens is 541 g/mol. The van der Waals surface area contributed by atoms with Gasteiger partial charge in [-0.15, -0.1) is 0 Å². The molecule has 1 fully saturated rings. The van der Waals surface area contributed by atoms with Crippen LogP contribution in [0.1, 0.15) is 13.3 Å². The van der Waals surface area contributed by atoms with E-state index in [1.54, 1.807) is 35.2 Å². The number of hydrogen-bond donors (Lipinski definition) is 2. The van der Waals surface area contributed by atoms with Gasteiger partial charge in [0.1, 0.15) is 17.1 Å². The molecule has 2 atom stereocenters. The van der Waals surface area contributed by atoms with Gasteiger partial charge in [0.25, 0.3) is 0 Å². The second-order valence-corrected chi connectivity index (χ2v) is 9.79. The summed E-state index contributed by atoms with van der Waals surface area (Å²) < 4.78 is 22.0. The number of rotatable bonds is 6. The van der Waals surface area contributed by atoms with Crippen molar-refractivity contribution in [3.8, 4) is 29.0 Å². The standard InChI is InChI=1S/C28H23ClFN5O5/c1-15(14-36)40-27-32-25-21(26(33-27)34-8-9-35(28(38)39)17(13-34)6-7-31)12-22(29)23(24(25)30)20-11-18(37)10-16-4-2-3-5-19(16)20/h2-5,10-12,14-15,17,37H,6,8-9,13H2,1H3,(H,38,39)/t15-,17?/m1/s1. The molecule has 0 aliphatic carbocycles. The minimum Gasteiger partial charge on any atom is -0.508 e. The molecule has 4 aromatic rings. The lowest BCUT2D eigenvalue weighted by molar-refractivity contribution is -0.113. The van der Waals surface area contributed by atoms with E-state index in [4.69, 9.17) is 16.3 Å². The molecule has 0 radical (unpaired) electrons. The fraction of sp³-hybridized carbons (Fsp3) is 0.250. The SMILES string of the molecule is C[C@H](C=O)Oc1nc(N2CCN(C(=O)O)C(CC#N)C2)c2cc(Cl)c(-c3cc(O)cc4ccccc34)c(F)c2n1. The Kier molecular flexibility index (Phi) is 7.28. The van der Waals surface area contributed by atoms with Gasteiger partial charge in [0.05, 0.1) is 23.6 Å². The third-order valence-corrected chi connectivity index (χ3v) is 7.09. The highest BCUT2D eigenvalue weighted by molar-refractivity contribution is 6.35. The number of phenolic OH excluding ortho intramolecular Hbond substituents is 1. The highest BCUT2D eigenvalue weighted by atomic mass is 35.5. The molecule has 1 aliphatic heterocycles. The third-order valence-electron chi connectivity index (χ3n) is 6.80. The zero-order valence-corrected chi connectivity index (χ0v) is 22.0. The lowest BCUT2D eigenvalue weighted by Gasteiger charge is -2.40. The Labute approximate surface area is 232 Å². The number of carbonyl (C=O) groups is 2. The predicted octanol–water partition coefficient (Wildman–Crippen LogP) is 5.00. The van der Waals surface area contributed by atoms with Crippen molar-refractivity contribution in [3.05, 3.63) is 53.3 Å². The molecule has 2 N–H and O–H groups in total. The summed E-state index contributed by atoms with van der Waals surface area (Å²) in [5.41, 5.74) is 0.230. The normalized spacial score (nSPS) is 16.1. The Balaban J connectivity index is 1.72. The summed E-state index contributed by atoms with van der Waals surface area (Å²) in [6.45, 7) is 1.86. The molecule has 10 nitrogen and oxygen atoms in total. The first-order valence-corrected chi connectivity index (χ1v) is 12.7. The number of carboxylic acid groups (broad SMARTS) is 1. The van der Waals surface area contributed by atoms with Crippen LogP contribution in [0.3, 0.4) is 0 Å². The zero-order valence-electron chi connectivity index (χ0n) is 21.2. The minimum absolute atomic E-state index is 0.0124. The molecule has 204 valence electrons. The quantitative estimate of drug-likeness (QED) is 0.310. The van der Waals surface area contributed by atoms with Gasteiger partial charge in [-0.1, -0.05) is 35.9 Å². The summed E-state index contributed by atoms with van der Waals surface area (Å²) in [4.78, 5) is 34.6. The molecule has 1 unspecified atom stereocenters. The van der Waals surface area contributed by atoms with Crippen LogP contribution in [0.4, 0.5) is 15.0 Å². The molecule has 2 heterocycles. The van der Waals surface area contributed by atoms with Crippen molar-refractivity contribution in [1.29, 1.82) is 5.26 Å². The maximum atomic E-state index is 16.5. The Morgan fingerprint density at radius 1 is 1.27 bits per heavy atom. The number of ether oxygens (including phenoxy) is 1. The van der Waals surface area contributed by atoms with E-state index in [-0.39, 0.29) is 65.1 Å². The molecule has 1 aromatic heterocycles. The summed E-state index contributed by atoms with van der Waals surface area (Å²) in [6.07, 6.45) is -1.58. The van der Waals surface area contributed by atoms with Gasteiger partial charge in [0, 0.05) is 30.6 Å². The predicted molar refractivity (Wildman–Crippen MR) is 146 cm³/mol. The average Bonchev–Trinajstić information content (AvgIpc) is 2.93. The molecule has 3 aromatic carbocycles. The van der Waals surface area contributed by atoms with Crippen molar-refractivity contribution >= 4 is 51.5 Å². The van der Waals surface area contributed by atoms with Gasteiger partial charge >= 0.3 is 12.1 Å². The number of hydrogen-bond acceptors (Lipinski definition) is 8. The van der Waals surface area contributed by atoms with Crippen LogP contribution in [0, 0.1) is 17.1 Å². The molecule has 1 aliphatic rings. The van der Waals surface area contributed by atoms with Gasteiger partial charge in [0.15, 0.2) is 18.2 Å². The molecule has 12 heteroatoms. The molecular formula is C28H23ClFN5O5. The number of carbonyl (C=O) groups excluding carboxylic acids is 1. The van der Waals surface area contributed by atoms with Crippen molar-refractivity contribution in [2.75, 3.05) is 24.5 Å². The van der Waals surface area contributed by atoms with Gasteiger partial charge in [-0.05, 0) is 41.5 Å². The Bertz CT molecular complexity index is 1690. The second-order valence-electron chi connectivity index (χ2n) is 9.38. The molecule has 40 heavy (non-hydrogen) atoms. The number of benzene rings is 3. The lowest BCUT2D eigenvalue weighted by atomic mass is 9.96. The number of aldehydes is 1. The van der Waals surface area contributed by atoms with Crippen LogP contribution in [0.2, 0.25) is 5.02 Å². The molecule has 0 spiro atoms. The number of fused-ring (bicyclic) bond motifs is 2. The van der Waals surface area contributed by atoms with Crippen molar-refractivity contribution in [1.82, 2.24) is 14.9 Å². The van der Waals surface area contributed by atoms with Crippen molar-refractivity contribution in [2.24, 2.45) is 0 Å². The smallest absolute Gasteiger partial charge is 0.407 e. The third kappa shape index (κ3) is 4.89. The van der Waals surface area contributed by atoms with Crippen LogP contribution in [0.15, 0.2) is 42.5 Å². The first kappa shape index (κ1) is 26.9. The van der Waals surface area contributed by atoms with Crippen molar-refractivity contribution in [2.45, 2.75) is 25.5 Å². The van der Waals surface area contributed by atoms with Crippen LogP contribution in [0.5, 0.6) is 11.8 Å². The van der Waals surface area contributed by atoms with Gasteiger partial charge in [-0.3, -0.25) is 4.79 Å². The Morgan fingerprint density at radius 2 is 2.05 bits per heavy atom. The van der Waals surface area contributed by atoms with E-state index < -0.39 is 24.1 Å². The number of nitriles is 1. The van der Waals surface area contributed by atoms with Crippen LogP contribution < -0.4 is 9.64 Å². The molecule has 0 saturated carbocycles. The van der Waals surface area contributed by atoms with E-state index in [0.29, 0.717) is 22.6 Å². The van der Waals surface area contributed by atoms with Crippen molar-refractivity contribution < 1.29 is 28.9 Å². The Hall–Kier alpha value is -4.69. The van der Waals surface area contributed by atoms with Gasteiger partial charge in [-0.2, -0.15) is 15.2 Å². The second kappa shape index (κ2) is 10.8. The Morgan fingerprint density at radius 3 is 2.77 bits per heavy atom. The summed E-state index contributed by atoms with van der Waals surface area (Å²) in [6, 6.07) is 12.7. The van der Waals surface area contributed by atoms with E-state index >= 15 is 4.39 Å². The number of piperazine rings is 1. The topological polar surface area (TPSA) is 140 Å². The van der Waals surface area contributed by atoms with Crippen LogP contribution in [-0.4, -0.2) is 69.2 Å². The number of aromatic hydroxyl groups is 1. The summed E-state index contributed by atoms with van der Waals surface area (Å²) in [5.74, 6) is -0.640. The van der Waals surface area contributed by atoms with E-state index in [9.17, 15) is 25.1 Å². The fourth-order valence-corrected chi connectivity index (χ4v) is 5.27. The number of phenols is 1. The molecule has 1 amide bonds. The largest absolute Gasteiger partial charge is 0.508 e. The number of aromatic nitrogens is 2. The van der Waals surface area contributed by atoms with E-state index in [2.05, 4.69) is 9.97 Å². The van der Waals surface area contributed by atoms with E-state index in [0.717, 1.165) is 0 Å². The molecule has 5 rings (SSSR count). The molecule has 0 bridgehead atoms. The van der Waals surface area contributed by atoms with Crippen LogP contribution in [0.25, 0.3) is 32.8 Å². The summed E-state index contributed by atoms with van der Waals surface area (Å²) >= 11 is 6.69. The fourth-order valence-electron chi connectivity index (χ4n) is 4.98. The van der Waals surface area contributed by atoms with Gasteiger partial charge < -0.3 is 24.7 Å². The highest BCUT2D eigenvalue weighted by Gasteiger charge is 2.33. The zero-order chi connectivity index (χ0) is 28.6. The maximum absolute atomic E-state index is 16.5. The summed E-state index contributed by atoms with van der Waals surface area (Å²) in [7, 11) is 0. The van der Waals surface area contributed by atoms with Gasteiger partial charge in [0.2, 0.25) is 0 Å². The monoisotopic (exact) mass is 563 g/mol. The highest BCUT2D eigenvalue weighted by Crippen LogP contribution is 2.42. The number of amides is 1. The van der Waals surface area contributed by atoms with Crippen molar-refractivity contribution in [3.63, 3.8) is 0 Å². The number of halogens is 2. The lowest BCUT2D eigenvalue weighted by Crippen LogP contribution is -2.55. The van der Waals surface area contributed by atoms with Crippen LogP contribution >= 0.6 is 11.6 Å².